The average Bonchev–Trinajstić information content (AvgIpc) is 2.44. The molecule has 106 valence electrons. The fourth-order valence-electron chi connectivity index (χ4n) is 2.23. The van der Waals surface area contributed by atoms with Crippen LogP contribution in [0.3, 0.4) is 0 Å². The molecule has 2 rings (SSSR count). The number of hydrogen-bond acceptors (Lipinski definition) is 2. The van der Waals surface area contributed by atoms with Gasteiger partial charge in [-0.2, -0.15) is 0 Å². The first-order valence-corrected chi connectivity index (χ1v) is 7.87. The van der Waals surface area contributed by atoms with Crippen LogP contribution in [-0.4, -0.2) is 4.98 Å². The van der Waals surface area contributed by atoms with Gasteiger partial charge in [0.2, 0.25) is 0 Å². The number of rotatable bonds is 5. The van der Waals surface area contributed by atoms with Gasteiger partial charge in [0.1, 0.15) is 4.60 Å². The van der Waals surface area contributed by atoms with Crippen LogP contribution in [0.25, 0.3) is 0 Å². The van der Waals surface area contributed by atoms with Crippen molar-refractivity contribution in [3.63, 3.8) is 0 Å². The molecule has 1 atom stereocenters. The molecule has 1 heterocycles. The zero-order chi connectivity index (χ0) is 14.5. The van der Waals surface area contributed by atoms with Gasteiger partial charge in [-0.3, -0.25) is 0 Å². The van der Waals surface area contributed by atoms with Crippen LogP contribution in [0.4, 0.5) is 5.69 Å². The largest absolute Gasteiger partial charge is 0.377 e. The summed E-state index contributed by atoms with van der Waals surface area (Å²) in [7, 11) is 0. The number of pyridine rings is 1. The number of aromatic nitrogens is 1. The standard InChI is InChI=1S/C17H21BrN2/c1-4-5-14-6-8-15(9-7-14)13(3)20-16-10-12(2)17(18)19-11-16/h6-11,13,20H,4-5H2,1-3H3. The molecule has 0 aliphatic rings. The second kappa shape index (κ2) is 6.89. The third kappa shape index (κ3) is 3.83. The van der Waals surface area contributed by atoms with E-state index in [-0.39, 0.29) is 6.04 Å². The van der Waals surface area contributed by atoms with Gasteiger partial charge >= 0.3 is 0 Å². The molecule has 1 unspecified atom stereocenters. The number of hydrogen-bond donors (Lipinski definition) is 1. The van der Waals surface area contributed by atoms with Gasteiger partial charge in [-0.25, -0.2) is 4.98 Å². The molecule has 3 heteroatoms. The molecule has 0 aliphatic carbocycles. The first-order chi connectivity index (χ1) is 9.60. The van der Waals surface area contributed by atoms with E-state index in [1.165, 1.54) is 17.5 Å². The van der Waals surface area contributed by atoms with Crippen molar-refractivity contribution >= 4 is 21.6 Å². The summed E-state index contributed by atoms with van der Waals surface area (Å²) >= 11 is 3.42. The van der Waals surface area contributed by atoms with Gasteiger partial charge in [0, 0.05) is 6.04 Å². The molecule has 1 N–H and O–H groups in total. The maximum Gasteiger partial charge on any atom is 0.109 e. The lowest BCUT2D eigenvalue weighted by molar-refractivity contribution is 0.874. The summed E-state index contributed by atoms with van der Waals surface area (Å²) in [5.41, 5.74) is 4.89. The molecule has 20 heavy (non-hydrogen) atoms. The van der Waals surface area contributed by atoms with Crippen molar-refractivity contribution in [3.8, 4) is 0 Å². The van der Waals surface area contributed by atoms with Crippen LogP contribution in [0.15, 0.2) is 41.1 Å². The summed E-state index contributed by atoms with van der Waals surface area (Å²) < 4.78 is 0.902. The van der Waals surface area contributed by atoms with E-state index >= 15 is 0 Å². The summed E-state index contributed by atoms with van der Waals surface area (Å²) in [5.74, 6) is 0. The smallest absolute Gasteiger partial charge is 0.109 e. The number of benzene rings is 1. The number of nitrogens with zero attached hydrogens (tertiary/aromatic N) is 1. The van der Waals surface area contributed by atoms with Gasteiger partial charge in [0.15, 0.2) is 0 Å². The lowest BCUT2D eigenvalue weighted by atomic mass is 10.0. The number of halogens is 1. The number of anilines is 1. The second-order valence-corrected chi connectivity index (χ2v) is 5.94. The molecule has 1 aromatic carbocycles. The fraction of sp³-hybridized carbons (Fsp3) is 0.353. The molecule has 0 radical (unpaired) electrons. The topological polar surface area (TPSA) is 24.9 Å². The molecule has 0 spiro atoms. The van der Waals surface area contributed by atoms with Crippen molar-refractivity contribution in [3.05, 3.63) is 57.8 Å². The quantitative estimate of drug-likeness (QED) is 0.753. The molecule has 2 nitrogen and oxygen atoms in total. The molecule has 0 fully saturated rings. The zero-order valence-corrected chi connectivity index (χ0v) is 13.9. The van der Waals surface area contributed by atoms with Gasteiger partial charge in [0.25, 0.3) is 0 Å². The number of aryl methyl sites for hydroxylation is 2. The third-order valence-electron chi connectivity index (χ3n) is 3.42. The van der Waals surface area contributed by atoms with Crippen LogP contribution in [-0.2, 0) is 6.42 Å². The molecule has 1 aromatic heterocycles. The summed E-state index contributed by atoms with van der Waals surface area (Å²) in [5, 5.41) is 3.49. The van der Waals surface area contributed by atoms with Crippen molar-refractivity contribution in [2.45, 2.75) is 39.7 Å². The van der Waals surface area contributed by atoms with E-state index < -0.39 is 0 Å². The van der Waals surface area contributed by atoms with Gasteiger partial charge in [-0.15, -0.1) is 0 Å². The van der Waals surface area contributed by atoms with E-state index in [0.717, 1.165) is 22.3 Å². The van der Waals surface area contributed by atoms with Crippen LogP contribution in [0.2, 0.25) is 0 Å². The molecule has 0 aliphatic heterocycles. The van der Waals surface area contributed by atoms with Gasteiger partial charge in [-0.05, 0) is 59.0 Å². The van der Waals surface area contributed by atoms with Crippen molar-refractivity contribution in [1.29, 1.82) is 0 Å². The lowest BCUT2D eigenvalue weighted by Crippen LogP contribution is -2.07. The minimum Gasteiger partial charge on any atom is -0.377 e. The Labute approximate surface area is 129 Å². The van der Waals surface area contributed by atoms with Gasteiger partial charge in [-0.1, -0.05) is 37.6 Å². The van der Waals surface area contributed by atoms with Crippen molar-refractivity contribution < 1.29 is 0 Å². The third-order valence-corrected chi connectivity index (χ3v) is 4.25. The van der Waals surface area contributed by atoms with Gasteiger partial charge in [0.05, 0.1) is 11.9 Å². The molecule has 0 saturated heterocycles. The minimum atomic E-state index is 0.271. The Morgan fingerprint density at radius 1 is 1.25 bits per heavy atom. The van der Waals surface area contributed by atoms with Crippen LogP contribution in [0.5, 0.6) is 0 Å². The highest BCUT2D eigenvalue weighted by Gasteiger charge is 2.06. The Morgan fingerprint density at radius 3 is 2.55 bits per heavy atom. The van der Waals surface area contributed by atoms with Crippen LogP contribution in [0.1, 0.15) is 43.0 Å². The first kappa shape index (κ1) is 15.0. The van der Waals surface area contributed by atoms with Crippen LogP contribution in [0, 0.1) is 6.92 Å². The van der Waals surface area contributed by atoms with E-state index in [4.69, 9.17) is 0 Å². The SMILES string of the molecule is CCCc1ccc(C(C)Nc2cnc(Br)c(C)c2)cc1. The molecular formula is C17H21BrN2. The summed E-state index contributed by atoms with van der Waals surface area (Å²) in [4.78, 5) is 4.32. The van der Waals surface area contributed by atoms with E-state index in [0.29, 0.717) is 0 Å². The Balaban J connectivity index is 2.06. The summed E-state index contributed by atoms with van der Waals surface area (Å²) in [6.07, 6.45) is 4.20. The maximum absolute atomic E-state index is 4.32. The zero-order valence-electron chi connectivity index (χ0n) is 12.3. The maximum atomic E-state index is 4.32. The monoisotopic (exact) mass is 332 g/mol. The lowest BCUT2D eigenvalue weighted by Gasteiger charge is -2.16. The van der Waals surface area contributed by atoms with Crippen LogP contribution < -0.4 is 5.32 Å². The van der Waals surface area contributed by atoms with E-state index in [2.05, 4.69) is 70.4 Å². The normalized spacial score (nSPS) is 12.2. The van der Waals surface area contributed by atoms with Gasteiger partial charge < -0.3 is 5.32 Å². The molecule has 0 bridgehead atoms. The predicted molar refractivity (Wildman–Crippen MR) is 89.1 cm³/mol. The second-order valence-electron chi connectivity index (χ2n) is 5.19. The Hall–Kier alpha value is -1.35. The Bertz CT molecular complexity index is 564. The highest BCUT2D eigenvalue weighted by atomic mass is 79.9. The molecular weight excluding hydrogens is 312 g/mol. The summed E-state index contributed by atoms with van der Waals surface area (Å²) in [6, 6.07) is 11.3. The average molecular weight is 333 g/mol. The van der Waals surface area contributed by atoms with E-state index in [1.54, 1.807) is 0 Å². The molecule has 0 amide bonds. The highest BCUT2D eigenvalue weighted by molar-refractivity contribution is 9.10. The fourth-order valence-corrected chi connectivity index (χ4v) is 2.45. The number of nitrogens with one attached hydrogen (secondary N) is 1. The summed E-state index contributed by atoms with van der Waals surface area (Å²) in [6.45, 7) is 6.43. The first-order valence-electron chi connectivity index (χ1n) is 7.07. The van der Waals surface area contributed by atoms with Crippen molar-refractivity contribution in [2.75, 3.05) is 5.32 Å². The van der Waals surface area contributed by atoms with Crippen molar-refractivity contribution in [2.24, 2.45) is 0 Å². The van der Waals surface area contributed by atoms with E-state index in [9.17, 15) is 0 Å². The highest BCUT2D eigenvalue weighted by Crippen LogP contribution is 2.22. The predicted octanol–water partition coefficient (Wildman–Crippen LogP) is 5.28. The van der Waals surface area contributed by atoms with Crippen molar-refractivity contribution in [1.82, 2.24) is 4.98 Å². The Kier molecular flexibility index (Phi) is 5.18. The van der Waals surface area contributed by atoms with E-state index in [1.807, 2.05) is 13.1 Å². The molecule has 0 saturated carbocycles. The van der Waals surface area contributed by atoms with Crippen LogP contribution >= 0.6 is 15.9 Å². The Morgan fingerprint density at radius 2 is 1.95 bits per heavy atom. The minimum absolute atomic E-state index is 0.271. The molecule has 2 aromatic rings.